The van der Waals surface area contributed by atoms with Gasteiger partial charge in [-0.1, -0.05) is 32.0 Å². The molecule has 0 radical (unpaired) electrons. The lowest BCUT2D eigenvalue weighted by molar-refractivity contribution is -0.112. The Morgan fingerprint density at radius 3 is 2.71 bits per heavy atom. The number of hydrogen-bond acceptors (Lipinski definition) is 4. The number of amides is 1. The summed E-state index contributed by atoms with van der Waals surface area (Å²) in [6, 6.07) is 7.84. The van der Waals surface area contributed by atoms with E-state index in [1.807, 2.05) is 31.2 Å². The van der Waals surface area contributed by atoms with Crippen LogP contribution in [0.3, 0.4) is 0 Å². The number of para-hydroxylation sites is 1. The summed E-state index contributed by atoms with van der Waals surface area (Å²) in [5.74, 6) is -0.129. The van der Waals surface area contributed by atoms with Crippen molar-refractivity contribution >= 4 is 11.6 Å². The first-order valence-corrected chi connectivity index (χ1v) is 8.36. The third-order valence-corrected chi connectivity index (χ3v) is 3.76. The number of nitrogens with one attached hydrogen (secondary N) is 2. The standard InChI is InChI=1S/C19H27N3O2/c1-14(2)17-9-7-8-15(3)18(17)22-19(24)16(12-20)13-21-10-5-4-6-11-23/h7-9,13-14,21,23H,4-6,10-11H2,1-3H3,(H,22,24)/b16-13-. The lowest BCUT2D eigenvalue weighted by Crippen LogP contribution is -2.19. The Balaban J connectivity index is 2.73. The molecule has 0 heterocycles. The first-order chi connectivity index (χ1) is 11.5. The van der Waals surface area contributed by atoms with Gasteiger partial charge in [0.25, 0.3) is 5.91 Å². The van der Waals surface area contributed by atoms with Crippen molar-refractivity contribution in [1.29, 1.82) is 5.26 Å². The predicted octanol–water partition coefficient (Wildman–Crippen LogP) is 3.22. The maximum Gasteiger partial charge on any atom is 0.267 e. The van der Waals surface area contributed by atoms with Crippen molar-refractivity contribution in [2.45, 2.75) is 46.0 Å². The van der Waals surface area contributed by atoms with Crippen LogP contribution in [0.15, 0.2) is 30.0 Å². The van der Waals surface area contributed by atoms with Crippen molar-refractivity contribution in [3.05, 3.63) is 41.1 Å². The highest BCUT2D eigenvalue weighted by molar-refractivity contribution is 6.07. The van der Waals surface area contributed by atoms with E-state index in [0.717, 1.165) is 36.1 Å². The van der Waals surface area contributed by atoms with Crippen LogP contribution in [0.1, 0.15) is 50.2 Å². The molecule has 5 heteroatoms. The van der Waals surface area contributed by atoms with Crippen molar-refractivity contribution in [1.82, 2.24) is 5.32 Å². The molecule has 0 aliphatic rings. The van der Waals surface area contributed by atoms with Crippen molar-refractivity contribution in [2.24, 2.45) is 0 Å². The highest BCUT2D eigenvalue weighted by Crippen LogP contribution is 2.27. The van der Waals surface area contributed by atoms with E-state index in [0.29, 0.717) is 6.54 Å². The number of carbonyl (C=O) groups excluding carboxylic acids is 1. The van der Waals surface area contributed by atoms with Crippen LogP contribution in [0.4, 0.5) is 5.69 Å². The molecule has 0 unspecified atom stereocenters. The Morgan fingerprint density at radius 2 is 2.08 bits per heavy atom. The average Bonchev–Trinajstić information content (AvgIpc) is 2.55. The monoisotopic (exact) mass is 329 g/mol. The second-order valence-electron chi connectivity index (χ2n) is 6.06. The summed E-state index contributed by atoms with van der Waals surface area (Å²) in [4.78, 5) is 12.4. The van der Waals surface area contributed by atoms with Crippen LogP contribution in [0.5, 0.6) is 0 Å². The van der Waals surface area contributed by atoms with Crippen LogP contribution in [0.25, 0.3) is 0 Å². The molecule has 0 aromatic heterocycles. The molecule has 0 fully saturated rings. The fourth-order valence-electron chi connectivity index (χ4n) is 2.36. The van der Waals surface area contributed by atoms with Gasteiger partial charge in [0.2, 0.25) is 0 Å². The van der Waals surface area contributed by atoms with E-state index in [1.54, 1.807) is 0 Å². The third kappa shape index (κ3) is 6.05. The fourth-order valence-corrected chi connectivity index (χ4v) is 2.36. The molecule has 1 aromatic rings. The van der Waals surface area contributed by atoms with Crippen molar-refractivity contribution in [3.8, 4) is 6.07 Å². The van der Waals surface area contributed by atoms with E-state index in [2.05, 4.69) is 24.5 Å². The first kappa shape index (κ1) is 19.7. The van der Waals surface area contributed by atoms with Gasteiger partial charge in [-0.25, -0.2) is 0 Å². The molecule has 0 aliphatic heterocycles. The van der Waals surface area contributed by atoms with Crippen molar-refractivity contribution < 1.29 is 9.90 Å². The zero-order chi connectivity index (χ0) is 17.9. The number of aryl methyl sites for hydroxylation is 1. The van der Waals surface area contributed by atoms with Gasteiger partial charge in [-0.2, -0.15) is 5.26 Å². The minimum absolute atomic E-state index is 0.0510. The maximum atomic E-state index is 12.4. The molecular formula is C19H27N3O2. The minimum atomic E-state index is -0.406. The molecule has 1 amide bonds. The fraction of sp³-hybridized carbons (Fsp3) is 0.474. The Hall–Kier alpha value is -2.32. The number of aliphatic hydroxyl groups excluding tert-OH is 1. The molecule has 0 saturated heterocycles. The largest absolute Gasteiger partial charge is 0.396 e. The molecule has 0 atom stereocenters. The van der Waals surface area contributed by atoms with Gasteiger partial charge < -0.3 is 15.7 Å². The smallest absolute Gasteiger partial charge is 0.267 e. The van der Waals surface area contributed by atoms with Gasteiger partial charge in [0, 0.05) is 25.0 Å². The second-order valence-corrected chi connectivity index (χ2v) is 6.06. The number of unbranched alkanes of at least 4 members (excludes halogenated alkanes) is 2. The number of nitrogens with zero attached hydrogens (tertiary/aromatic N) is 1. The van der Waals surface area contributed by atoms with Gasteiger partial charge >= 0.3 is 0 Å². The SMILES string of the molecule is Cc1cccc(C(C)C)c1NC(=O)/C(C#N)=C\NCCCCCO. The van der Waals surface area contributed by atoms with Gasteiger partial charge in [-0.15, -0.1) is 0 Å². The zero-order valence-corrected chi connectivity index (χ0v) is 14.7. The summed E-state index contributed by atoms with van der Waals surface area (Å²) in [5, 5.41) is 23.8. The average molecular weight is 329 g/mol. The summed E-state index contributed by atoms with van der Waals surface area (Å²) >= 11 is 0. The Bertz CT molecular complexity index is 616. The topological polar surface area (TPSA) is 85.2 Å². The number of benzene rings is 1. The highest BCUT2D eigenvalue weighted by atomic mass is 16.2. The molecule has 3 N–H and O–H groups in total. The second kappa shape index (κ2) is 10.5. The molecule has 130 valence electrons. The lowest BCUT2D eigenvalue weighted by atomic mass is 9.98. The molecule has 0 aliphatic carbocycles. The lowest BCUT2D eigenvalue weighted by Gasteiger charge is -2.16. The van der Waals surface area contributed by atoms with Crippen LogP contribution in [-0.2, 0) is 4.79 Å². The summed E-state index contributed by atoms with van der Waals surface area (Å²) in [6.45, 7) is 6.94. The highest BCUT2D eigenvalue weighted by Gasteiger charge is 2.14. The van der Waals surface area contributed by atoms with Crippen LogP contribution in [0, 0.1) is 18.3 Å². The van der Waals surface area contributed by atoms with Gasteiger partial charge in [-0.05, 0) is 43.2 Å². The number of anilines is 1. The Labute approximate surface area is 144 Å². The molecule has 0 saturated carbocycles. The quantitative estimate of drug-likeness (QED) is 0.369. The van der Waals surface area contributed by atoms with Crippen LogP contribution in [0.2, 0.25) is 0 Å². The van der Waals surface area contributed by atoms with E-state index >= 15 is 0 Å². The molecule has 0 bridgehead atoms. The third-order valence-electron chi connectivity index (χ3n) is 3.76. The molecule has 5 nitrogen and oxygen atoms in total. The van der Waals surface area contributed by atoms with E-state index < -0.39 is 5.91 Å². The number of hydrogen-bond donors (Lipinski definition) is 3. The van der Waals surface area contributed by atoms with Crippen LogP contribution >= 0.6 is 0 Å². The summed E-state index contributed by atoms with van der Waals surface area (Å²) in [6.07, 6.45) is 4.02. The van der Waals surface area contributed by atoms with Gasteiger partial charge in [-0.3, -0.25) is 4.79 Å². The number of nitriles is 1. The first-order valence-electron chi connectivity index (χ1n) is 8.36. The van der Waals surface area contributed by atoms with Gasteiger partial charge in [0.05, 0.1) is 0 Å². The summed E-state index contributed by atoms with van der Waals surface area (Å²) in [7, 11) is 0. The van der Waals surface area contributed by atoms with E-state index in [1.165, 1.54) is 6.20 Å². The molecule has 1 aromatic carbocycles. The van der Waals surface area contributed by atoms with Crippen molar-refractivity contribution in [3.63, 3.8) is 0 Å². The molecular weight excluding hydrogens is 302 g/mol. The molecule has 1 rings (SSSR count). The summed E-state index contributed by atoms with van der Waals surface area (Å²) in [5.41, 5.74) is 2.86. The summed E-state index contributed by atoms with van der Waals surface area (Å²) < 4.78 is 0. The molecule has 0 spiro atoms. The van der Waals surface area contributed by atoms with E-state index in [9.17, 15) is 10.1 Å². The van der Waals surface area contributed by atoms with Gasteiger partial charge in [0.15, 0.2) is 0 Å². The maximum absolute atomic E-state index is 12.4. The van der Waals surface area contributed by atoms with E-state index in [4.69, 9.17) is 5.11 Å². The zero-order valence-electron chi connectivity index (χ0n) is 14.7. The van der Waals surface area contributed by atoms with Gasteiger partial charge in [0.1, 0.15) is 11.6 Å². The number of aliphatic hydroxyl groups is 1. The van der Waals surface area contributed by atoms with E-state index in [-0.39, 0.29) is 18.1 Å². The van der Waals surface area contributed by atoms with Crippen LogP contribution in [-0.4, -0.2) is 24.2 Å². The Morgan fingerprint density at radius 1 is 1.33 bits per heavy atom. The number of carbonyl (C=O) groups is 1. The normalized spacial score (nSPS) is 11.2. The Kier molecular flexibility index (Phi) is 8.59. The number of rotatable bonds is 9. The van der Waals surface area contributed by atoms with Crippen molar-refractivity contribution in [2.75, 3.05) is 18.5 Å². The van der Waals surface area contributed by atoms with Crippen LogP contribution < -0.4 is 10.6 Å². The predicted molar refractivity (Wildman–Crippen MR) is 96.5 cm³/mol. The minimum Gasteiger partial charge on any atom is -0.396 e. The molecule has 24 heavy (non-hydrogen) atoms.